The molecule has 8 heteroatoms. The normalized spacial score (nSPS) is 25.1. The minimum absolute atomic E-state index is 0.00600. The van der Waals surface area contributed by atoms with Crippen molar-refractivity contribution in [3.05, 3.63) is 35.9 Å². The highest BCUT2D eigenvalue weighted by molar-refractivity contribution is 5.96. The Morgan fingerprint density at radius 1 is 1.11 bits per heavy atom. The molecule has 2 fully saturated rings. The fourth-order valence-corrected chi connectivity index (χ4v) is 3.52. The third-order valence-corrected chi connectivity index (χ3v) is 4.99. The Morgan fingerprint density at radius 2 is 1.81 bits per heavy atom. The van der Waals surface area contributed by atoms with Crippen LogP contribution in [0, 0.1) is 5.92 Å². The number of ether oxygens (including phenoxy) is 1. The first-order valence-electron chi connectivity index (χ1n) is 9.22. The summed E-state index contributed by atoms with van der Waals surface area (Å²) in [5, 5.41) is 15.5. The molecule has 1 aliphatic carbocycles. The Morgan fingerprint density at radius 3 is 2.52 bits per heavy atom. The molecule has 1 saturated carbocycles. The summed E-state index contributed by atoms with van der Waals surface area (Å²) in [6, 6.07) is 8.14. The molecular weight excluding hydrogens is 350 g/mol. The lowest BCUT2D eigenvalue weighted by Crippen LogP contribution is -2.45. The van der Waals surface area contributed by atoms with Crippen molar-refractivity contribution in [3.8, 4) is 0 Å². The van der Waals surface area contributed by atoms with Gasteiger partial charge in [0.1, 0.15) is 0 Å². The summed E-state index contributed by atoms with van der Waals surface area (Å²) in [5.74, 6) is -1.02. The molecule has 0 radical (unpaired) electrons. The molecule has 3 amide bonds. The molecule has 1 aliphatic heterocycles. The van der Waals surface area contributed by atoms with Crippen molar-refractivity contribution in [3.63, 3.8) is 0 Å². The van der Waals surface area contributed by atoms with Gasteiger partial charge in [0.15, 0.2) is 0 Å². The third kappa shape index (κ3) is 5.05. The summed E-state index contributed by atoms with van der Waals surface area (Å²) in [6.45, 7) is 2.01. The Hall–Kier alpha value is -2.45. The SMILES string of the molecule is O=C(CNC(=O)c1ccccc1)N[C@@H]1C[C@H](C(=O)N2CCOCC2)C[C@H]1O. The van der Waals surface area contributed by atoms with Crippen molar-refractivity contribution in [2.45, 2.75) is 25.0 Å². The third-order valence-electron chi connectivity index (χ3n) is 4.99. The molecular formula is C19H25N3O5. The summed E-state index contributed by atoms with van der Waals surface area (Å²) in [7, 11) is 0. The van der Waals surface area contributed by atoms with Crippen LogP contribution in [0.2, 0.25) is 0 Å². The number of nitrogens with zero attached hydrogens (tertiary/aromatic N) is 1. The lowest BCUT2D eigenvalue weighted by molar-refractivity contribution is -0.139. The van der Waals surface area contributed by atoms with E-state index in [-0.39, 0.29) is 30.2 Å². The fourth-order valence-electron chi connectivity index (χ4n) is 3.52. The van der Waals surface area contributed by atoms with E-state index in [4.69, 9.17) is 4.74 Å². The van der Waals surface area contributed by atoms with E-state index in [2.05, 4.69) is 10.6 Å². The Kier molecular flexibility index (Phi) is 6.41. The van der Waals surface area contributed by atoms with Crippen LogP contribution >= 0.6 is 0 Å². The molecule has 1 aromatic carbocycles. The van der Waals surface area contributed by atoms with Crippen LogP contribution in [-0.2, 0) is 14.3 Å². The fraction of sp³-hybridized carbons (Fsp3) is 0.526. The first-order chi connectivity index (χ1) is 13.0. The largest absolute Gasteiger partial charge is 0.391 e. The van der Waals surface area contributed by atoms with Gasteiger partial charge >= 0.3 is 0 Å². The summed E-state index contributed by atoms with van der Waals surface area (Å²) < 4.78 is 5.25. The second-order valence-corrected chi connectivity index (χ2v) is 6.90. The highest BCUT2D eigenvalue weighted by Gasteiger charge is 2.39. The average molecular weight is 375 g/mol. The van der Waals surface area contributed by atoms with Crippen LogP contribution in [0.15, 0.2) is 30.3 Å². The number of hydrogen-bond acceptors (Lipinski definition) is 5. The van der Waals surface area contributed by atoms with Gasteiger partial charge < -0.3 is 25.4 Å². The van der Waals surface area contributed by atoms with Gasteiger partial charge in [-0.2, -0.15) is 0 Å². The number of amides is 3. The van der Waals surface area contributed by atoms with Crippen LogP contribution in [-0.4, -0.2) is 72.7 Å². The maximum Gasteiger partial charge on any atom is 0.251 e. The molecule has 27 heavy (non-hydrogen) atoms. The minimum Gasteiger partial charge on any atom is -0.391 e. The predicted molar refractivity (Wildman–Crippen MR) is 96.8 cm³/mol. The molecule has 0 bridgehead atoms. The molecule has 1 heterocycles. The smallest absolute Gasteiger partial charge is 0.251 e. The van der Waals surface area contributed by atoms with E-state index in [1.54, 1.807) is 35.2 Å². The molecule has 1 saturated heterocycles. The standard InChI is InChI=1S/C19H25N3O5/c23-16-11-14(19(26)22-6-8-27-9-7-22)10-15(16)21-17(24)12-20-18(25)13-4-2-1-3-5-13/h1-5,14-16,23H,6-12H2,(H,20,25)(H,21,24)/t14-,15+,16+/m0/s1. The average Bonchev–Trinajstić information content (AvgIpc) is 3.07. The summed E-state index contributed by atoms with van der Waals surface area (Å²) in [6.07, 6.45) is -0.0403. The number of carbonyl (C=O) groups excluding carboxylic acids is 3. The van der Waals surface area contributed by atoms with Crippen molar-refractivity contribution in [2.75, 3.05) is 32.8 Å². The van der Waals surface area contributed by atoms with Crippen molar-refractivity contribution in [1.82, 2.24) is 15.5 Å². The van der Waals surface area contributed by atoms with Gasteiger partial charge in [-0.3, -0.25) is 14.4 Å². The maximum atomic E-state index is 12.5. The van der Waals surface area contributed by atoms with Crippen LogP contribution in [0.1, 0.15) is 23.2 Å². The molecule has 3 N–H and O–H groups in total. The van der Waals surface area contributed by atoms with Gasteiger partial charge in [0, 0.05) is 24.6 Å². The van der Waals surface area contributed by atoms with Gasteiger partial charge in [0.25, 0.3) is 5.91 Å². The number of nitrogens with one attached hydrogen (secondary N) is 2. The Balaban J connectivity index is 1.45. The van der Waals surface area contributed by atoms with Crippen LogP contribution in [0.3, 0.4) is 0 Å². The zero-order valence-corrected chi connectivity index (χ0v) is 15.1. The van der Waals surface area contributed by atoms with Gasteiger partial charge in [-0.25, -0.2) is 0 Å². The van der Waals surface area contributed by atoms with E-state index in [1.807, 2.05) is 0 Å². The molecule has 1 aromatic rings. The molecule has 3 atom stereocenters. The maximum absolute atomic E-state index is 12.5. The zero-order chi connectivity index (χ0) is 19.2. The first kappa shape index (κ1) is 19.3. The second kappa shape index (κ2) is 8.96. The van der Waals surface area contributed by atoms with E-state index in [1.165, 1.54) is 0 Å². The summed E-state index contributed by atoms with van der Waals surface area (Å²) in [5.41, 5.74) is 0.474. The van der Waals surface area contributed by atoms with Gasteiger partial charge in [0.05, 0.1) is 31.9 Å². The highest BCUT2D eigenvalue weighted by Crippen LogP contribution is 2.28. The van der Waals surface area contributed by atoms with Crippen LogP contribution in [0.5, 0.6) is 0 Å². The quantitative estimate of drug-likeness (QED) is 0.645. The van der Waals surface area contributed by atoms with Gasteiger partial charge in [0.2, 0.25) is 11.8 Å². The van der Waals surface area contributed by atoms with E-state index >= 15 is 0 Å². The number of aliphatic hydroxyl groups excluding tert-OH is 1. The Bertz CT molecular complexity index is 675. The topological polar surface area (TPSA) is 108 Å². The number of carbonyl (C=O) groups is 3. The van der Waals surface area contributed by atoms with Gasteiger partial charge in [-0.15, -0.1) is 0 Å². The van der Waals surface area contributed by atoms with Gasteiger partial charge in [-0.1, -0.05) is 18.2 Å². The van der Waals surface area contributed by atoms with E-state index in [9.17, 15) is 19.5 Å². The molecule has 0 aromatic heterocycles. The molecule has 146 valence electrons. The molecule has 8 nitrogen and oxygen atoms in total. The molecule has 3 rings (SSSR count). The lowest BCUT2D eigenvalue weighted by atomic mass is 10.1. The number of benzene rings is 1. The number of morpholine rings is 1. The number of rotatable bonds is 5. The summed E-state index contributed by atoms with van der Waals surface area (Å²) >= 11 is 0. The van der Waals surface area contributed by atoms with Crippen LogP contribution in [0.25, 0.3) is 0 Å². The zero-order valence-electron chi connectivity index (χ0n) is 15.1. The number of hydrogen-bond donors (Lipinski definition) is 3. The first-order valence-corrected chi connectivity index (χ1v) is 9.22. The predicted octanol–water partition coefficient (Wildman–Crippen LogP) is -0.469. The highest BCUT2D eigenvalue weighted by atomic mass is 16.5. The minimum atomic E-state index is -0.770. The van der Waals surface area contributed by atoms with Gasteiger partial charge in [-0.05, 0) is 25.0 Å². The van der Waals surface area contributed by atoms with Crippen molar-refractivity contribution < 1.29 is 24.2 Å². The van der Waals surface area contributed by atoms with Crippen LogP contribution in [0.4, 0.5) is 0 Å². The number of aliphatic hydroxyl groups is 1. The van der Waals surface area contributed by atoms with Crippen molar-refractivity contribution in [1.29, 1.82) is 0 Å². The van der Waals surface area contributed by atoms with Crippen LogP contribution < -0.4 is 10.6 Å². The monoisotopic (exact) mass is 375 g/mol. The van der Waals surface area contributed by atoms with E-state index in [0.717, 1.165) is 0 Å². The van der Waals surface area contributed by atoms with Crippen molar-refractivity contribution >= 4 is 17.7 Å². The Labute approximate surface area is 157 Å². The molecule has 0 spiro atoms. The second-order valence-electron chi connectivity index (χ2n) is 6.90. The molecule has 2 aliphatic rings. The van der Waals surface area contributed by atoms with E-state index < -0.39 is 12.1 Å². The molecule has 0 unspecified atom stereocenters. The van der Waals surface area contributed by atoms with E-state index in [0.29, 0.717) is 44.7 Å². The summed E-state index contributed by atoms with van der Waals surface area (Å²) in [4.78, 5) is 38.4. The lowest BCUT2D eigenvalue weighted by Gasteiger charge is -2.29. The van der Waals surface area contributed by atoms with Crippen molar-refractivity contribution in [2.24, 2.45) is 5.92 Å².